The van der Waals surface area contributed by atoms with Gasteiger partial charge in [-0.15, -0.1) is 0 Å². The highest BCUT2D eigenvalue weighted by Gasteiger charge is 2.09. The summed E-state index contributed by atoms with van der Waals surface area (Å²) in [5.41, 5.74) is 11.0. The zero-order valence-corrected chi connectivity index (χ0v) is 10.1. The number of nitrogens with zero attached hydrogens (tertiary/aromatic N) is 1. The van der Waals surface area contributed by atoms with E-state index in [2.05, 4.69) is 10.4 Å². The van der Waals surface area contributed by atoms with E-state index in [1.165, 1.54) is 19.3 Å². The van der Waals surface area contributed by atoms with Crippen LogP contribution in [0.4, 0.5) is 5.69 Å². The van der Waals surface area contributed by atoms with Crippen molar-refractivity contribution in [3.8, 4) is 0 Å². The van der Waals surface area contributed by atoms with E-state index in [0.29, 0.717) is 4.99 Å². The molecule has 0 spiro atoms. The molecule has 1 heterocycles. The summed E-state index contributed by atoms with van der Waals surface area (Å²) < 4.78 is 0. The third-order valence-corrected chi connectivity index (χ3v) is 3.05. The highest BCUT2D eigenvalue weighted by Crippen LogP contribution is 2.14. The molecule has 0 bridgehead atoms. The summed E-state index contributed by atoms with van der Waals surface area (Å²) in [4.78, 5) is 0.449. The fourth-order valence-electron chi connectivity index (χ4n) is 1.90. The van der Waals surface area contributed by atoms with Gasteiger partial charge in [0, 0.05) is 24.3 Å². The molecule has 1 fully saturated rings. The third kappa shape index (κ3) is 2.93. The Bertz CT molecular complexity index is 355. The Morgan fingerprint density at radius 1 is 1.12 bits per heavy atom. The van der Waals surface area contributed by atoms with Crippen LogP contribution in [0.3, 0.4) is 0 Å². The molecule has 3 N–H and O–H groups in total. The van der Waals surface area contributed by atoms with E-state index in [0.717, 1.165) is 24.3 Å². The van der Waals surface area contributed by atoms with E-state index in [4.69, 9.17) is 18.0 Å². The predicted octanol–water partition coefficient (Wildman–Crippen LogP) is 2.13. The Morgan fingerprint density at radius 2 is 1.75 bits per heavy atom. The second-order valence-electron chi connectivity index (χ2n) is 4.10. The van der Waals surface area contributed by atoms with Crippen molar-refractivity contribution in [3.05, 3.63) is 29.8 Å². The van der Waals surface area contributed by atoms with Crippen LogP contribution in [0.15, 0.2) is 24.3 Å². The SMILES string of the molecule is NC(=S)c1ccc(NN2CCCCC2)cc1. The zero-order chi connectivity index (χ0) is 11.4. The normalized spacial score (nSPS) is 17.0. The maximum absolute atomic E-state index is 5.55. The fraction of sp³-hybridized carbons (Fsp3) is 0.417. The number of hydrogen-bond donors (Lipinski definition) is 2. The number of anilines is 1. The molecule has 0 aliphatic carbocycles. The van der Waals surface area contributed by atoms with Crippen molar-refractivity contribution >= 4 is 22.9 Å². The summed E-state index contributed by atoms with van der Waals surface area (Å²) in [6, 6.07) is 7.94. The molecule has 2 rings (SSSR count). The summed E-state index contributed by atoms with van der Waals surface area (Å²) in [6.07, 6.45) is 3.90. The van der Waals surface area contributed by atoms with Gasteiger partial charge >= 0.3 is 0 Å². The topological polar surface area (TPSA) is 41.3 Å². The summed E-state index contributed by atoms with van der Waals surface area (Å²) in [5, 5.41) is 2.26. The van der Waals surface area contributed by atoms with Crippen LogP contribution in [0.1, 0.15) is 24.8 Å². The second-order valence-corrected chi connectivity index (χ2v) is 4.54. The first kappa shape index (κ1) is 11.4. The number of hydrazine groups is 1. The van der Waals surface area contributed by atoms with Gasteiger partial charge in [-0.2, -0.15) is 0 Å². The van der Waals surface area contributed by atoms with E-state index < -0.39 is 0 Å². The average molecular weight is 235 g/mol. The molecule has 0 radical (unpaired) electrons. The minimum absolute atomic E-state index is 0.449. The number of hydrogen-bond acceptors (Lipinski definition) is 3. The van der Waals surface area contributed by atoms with Crippen molar-refractivity contribution in [2.75, 3.05) is 18.5 Å². The maximum Gasteiger partial charge on any atom is 0.103 e. The molecular formula is C12H17N3S. The van der Waals surface area contributed by atoms with Gasteiger partial charge in [0.05, 0.1) is 0 Å². The first-order valence-electron chi connectivity index (χ1n) is 5.67. The first-order valence-corrected chi connectivity index (χ1v) is 6.08. The number of nitrogens with two attached hydrogens (primary N) is 1. The van der Waals surface area contributed by atoms with E-state index in [1.807, 2.05) is 24.3 Å². The lowest BCUT2D eigenvalue weighted by atomic mass is 10.1. The molecule has 16 heavy (non-hydrogen) atoms. The minimum atomic E-state index is 0.449. The molecule has 1 aromatic rings. The van der Waals surface area contributed by atoms with Crippen molar-refractivity contribution in [1.82, 2.24) is 5.01 Å². The van der Waals surface area contributed by atoms with Gasteiger partial charge in [-0.3, -0.25) is 0 Å². The Hall–Kier alpha value is -1.13. The molecule has 4 heteroatoms. The monoisotopic (exact) mass is 235 g/mol. The number of rotatable bonds is 3. The minimum Gasteiger partial charge on any atom is -0.389 e. The lowest BCUT2D eigenvalue weighted by Gasteiger charge is -2.27. The lowest BCUT2D eigenvalue weighted by molar-refractivity contribution is 0.273. The van der Waals surface area contributed by atoms with Gasteiger partial charge in [0.15, 0.2) is 0 Å². The highest BCUT2D eigenvalue weighted by atomic mass is 32.1. The maximum atomic E-state index is 5.55. The largest absolute Gasteiger partial charge is 0.389 e. The van der Waals surface area contributed by atoms with E-state index in [9.17, 15) is 0 Å². The first-order chi connectivity index (χ1) is 7.75. The molecule has 0 unspecified atom stereocenters. The number of nitrogens with one attached hydrogen (secondary N) is 1. The summed E-state index contributed by atoms with van der Waals surface area (Å²) >= 11 is 4.91. The van der Waals surface area contributed by atoms with Gasteiger partial charge in [0.2, 0.25) is 0 Å². The van der Waals surface area contributed by atoms with Gasteiger partial charge in [0.1, 0.15) is 4.99 Å². The molecule has 0 aromatic heterocycles. The average Bonchev–Trinajstić information content (AvgIpc) is 2.31. The number of thiocarbonyl (C=S) groups is 1. The Morgan fingerprint density at radius 3 is 2.31 bits per heavy atom. The second kappa shape index (κ2) is 5.27. The van der Waals surface area contributed by atoms with Crippen molar-refractivity contribution < 1.29 is 0 Å². The third-order valence-electron chi connectivity index (χ3n) is 2.81. The van der Waals surface area contributed by atoms with Crippen molar-refractivity contribution in [2.24, 2.45) is 5.73 Å². The van der Waals surface area contributed by atoms with Gasteiger partial charge in [0.25, 0.3) is 0 Å². The standard InChI is InChI=1S/C12H17N3S/c13-12(16)10-4-6-11(7-5-10)14-15-8-2-1-3-9-15/h4-7,14H,1-3,8-9H2,(H2,13,16). The van der Waals surface area contributed by atoms with Crippen LogP contribution in [0.2, 0.25) is 0 Å². The summed E-state index contributed by atoms with van der Waals surface area (Å²) in [6.45, 7) is 2.24. The Balaban J connectivity index is 1.96. The summed E-state index contributed by atoms with van der Waals surface area (Å²) in [5.74, 6) is 0. The van der Waals surface area contributed by atoms with Crippen LogP contribution in [0, 0.1) is 0 Å². The number of piperidine rings is 1. The van der Waals surface area contributed by atoms with E-state index >= 15 is 0 Å². The van der Waals surface area contributed by atoms with Gasteiger partial charge in [-0.1, -0.05) is 18.6 Å². The molecule has 1 saturated heterocycles. The molecule has 0 amide bonds. The van der Waals surface area contributed by atoms with Crippen LogP contribution < -0.4 is 11.2 Å². The van der Waals surface area contributed by atoms with Crippen molar-refractivity contribution in [2.45, 2.75) is 19.3 Å². The molecule has 1 aliphatic rings. The zero-order valence-electron chi connectivity index (χ0n) is 9.28. The van der Waals surface area contributed by atoms with Gasteiger partial charge in [-0.05, 0) is 37.1 Å². The molecule has 1 aliphatic heterocycles. The van der Waals surface area contributed by atoms with Crippen LogP contribution in [-0.4, -0.2) is 23.1 Å². The highest BCUT2D eigenvalue weighted by molar-refractivity contribution is 7.80. The van der Waals surface area contributed by atoms with E-state index in [-0.39, 0.29) is 0 Å². The quantitative estimate of drug-likeness (QED) is 0.788. The molecule has 0 atom stereocenters. The molecule has 0 saturated carbocycles. The summed E-state index contributed by atoms with van der Waals surface area (Å²) in [7, 11) is 0. The Kier molecular flexibility index (Phi) is 3.74. The molecule has 1 aromatic carbocycles. The predicted molar refractivity (Wildman–Crippen MR) is 71.4 cm³/mol. The fourth-order valence-corrected chi connectivity index (χ4v) is 2.03. The van der Waals surface area contributed by atoms with Crippen LogP contribution in [0.25, 0.3) is 0 Å². The van der Waals surface area contributed by atoms with Gasteiger partial charge < -0.3 is 11.2 Å². The Labute approximate surface area is 102 Å². The van der Waals surface area contributed by atoms with Crippen LogP contribution >= 0.6 is 12.2 Å². The van der Waals surface area contributed by atoms with Crippen LogP contribution in [0.5, 0.6) is 0 Å². The smallest absolute Gasteiger partial charge is 0.103 e. The van der Waals surface area contributed by atoms with Gasteiger partial charge in [-0.25, -0.2) is 5.01 Å². The van der Waals surface area contributed by atoms with Crippen molar-refractivity contribution in [3.63, 3.8) is 0 Å². The van der Waals surface area contributed by atoms with E-state index in [1.54, 1.807) is 0 Å². The number of benzene rings is 1. The lowest BCUT2D eigenvalue weighted by Crippen LogP contribution is -2.34. The molecule has 3 nitrogen and oxygen atoms in total. The van der Waals surface area contributed by atoms with Crippen molar-refractivity contribution in [1.29, 1.82) is 0 Å². The molecular weight excluding hydrogens is 218 g/mol. The van der Waals surface area contributed by atoms with Crippen LogP contribution in [-0.2, 0) is 0 Å². The molecule has 86 valence electrons.